The molecule has 6 heteroatoms. The average molecular weight is 285 g/mol. The molecule has 0 aliphatic carbocycles. The van der Waals surface area contributed by atoms with E-state index in [1.807, 2.05) is 6.92 Å². The molecule has 1 heterocycles. The highest BCUT2D eigenvalue weighted by Gasteiger charge is 2.15. The molecule has 1 rings (SSSR count). The first kappa shape index (κ1) is 16.8. The largest absolute Gasteiger partial charge is 0.481 e. The molecule has 0 bridgehead atoms. The molecule has 1 unspecified atom stereocenters. The fraction of sp³-hybridized carbons (Fsp3) is 0.857. The maximum absolute atomic E-state index is 11.7. The van der Waals surface area contributed by atoms with Crippen molar-refractivity contribution in [3.63, 3.8) is 0 Å². The topological polar surface area (TPSA) is 81.7 Å². The van der Waals surface area contributed by atoms with Crippen molar-refractivity contribution in [1.29, 1.82) is 0 Å². The van der Waals surface area contributed by atoms with Crippen LogP contribution in [-0.2, 0) is 4.79 Å². The number of urea groups is 1. The van der Waals surface area contributed by atoms with E-state index in [0.29, 0.717) is 13.0 Å². The minimum Gasteiger partial charge on any atom is -0.481 e. The Hall–Kier alpha value is -1.30. The molecule has 20 heavy (non-hydrogen) atoms. The van der Waals surface area contributed by atoms with Crippen molar-refractivity contribution in [2.45, 2.75) is 51.5 Å². The molecule has 0 saturated carbocycles. The van der Waals surface area contributed by atoms with Crippen molar-refractivity contribution < 1.29 is 14.7 Å². The van der Waals surface area contributed by atoms with Gasteiger partial charge in [-0.1, -0.05) is 13.3 Å². The zero-order valence-electron chi connectivity index (χ0n) is 12.4. The van der Waals surface area contributed by atoms with Crippen molar-refractivity contribution in [2.75, 3.05) is 26.2 Å². The summed E-state index contributed by atoms with van der Waals surface area (Å²) in [6.07, 6.45) is 5.02. The fourth-order valence-electron chi connectivity index (χ4n) is 2.53. The van der Waals surface area contributed by atoms with Crippen LogP contribution in [0.2, 0.25) is 0 Å². The van der Waals surface area contributed by atoms with Crippen LogP contribution in [0.1, 0.15) is 45.4 Å². The number of likely N-dealkylation sites (tertiary alicyclic amines) is 1. The predicted octanol–water partition coefficient (Wildman–Crippen LogP) is 1.41. The van der Waals surface area contributed by atoms with Crippen molar-refractivity contribution in [2.24, 2.45) is 0 Å². The van der Waals surface area contributed by atoms with Gasteiger partial charge >= 0.3 is 12.0 Å². The highest BCUT2D eigenvalue weighted by atomic mass is 16.4. The Bertz CT molecular complexity index is 304. The fourth-order valence-corrected chi connectivity index (χ4v) is 2.53. The number of nitrogens with zero attached hydrogens (tertiary/aromatic N) is 1. The van der Waals surface area contributed by atoms with E-state index in [1.54, 1.807) is 0 Å². The number of nitrogens with one attached hydrogen (secondary N) is 2. The summed E-state index contributed by atoms with van der Waals surface area (Å²) in [6.45, 7) is 5.97. The van der Waals surface area contributed by atoms with E-state index in [1.165, 1.54) is 25.9 Å². The Kier molecular flexibility index (Phi) is 8.02. The third-order valence-electron chi connectivity index (χ3n) is 3.53. The van der Waals surface area contributed by atoms with Gasteiger partial charge in [0.25, 0.3) is 0 Å². The van der Waals surface area contributed by atoms with Gasteiger partial charge in [-0.3, -0.25) is 4.79 Å². The molecular weight excluding hydrogens is 258 g/mol. The normalized spacial score (nSPS) is 16.9. The number of hydrogen-bond donors (Lipinski definition) is 3. The molecule has 1 aliphatic rings. The van der Waals surface area contributed by atoms with E-state index in [0.717, 1.165) is 19.4 Å². The number of rotatable bonds is 9. The molecule has 0 aromatic carbocycles. The smallest absolute Gasteiger partial charge is 0.315 e. The van der Waals surface area contributed by atoms with E-state index in [4.69, 9.17) is 5.11 Å². The van der Waals surface area contributed by atoms with Gasteiger partial charge in [0.15, 0.2) is 0 Å². The number of amides is 2. The van der Waals surface area contributed by atoms with Gasteiger partial charge < -0.3 is 20.6 Å². The second kappa shape index (κ2) is 9.58. The molecule has 0 aromatic rings. The van der Waals surface area contributed by atoms with E-state index in [-0.39, 0.29) is 18.5 Å². The summed E-state index contributed by atoms with van der Waals surface area (Å²) in [5.41, 5.74) is 0. The number of hydrogen-bond acceptors (Lipinski definition) is 3. The summed E-state index contributed by atoms with van der Waals surface area (Å²) >= 11 is 0. The van der Waals surface area contributed by atoms with Crippen molar-refractivity contribution in [3.05, 3.63) is 0 Å². The van der Waals surface area contributed by atoms with Gasteiger partial charge in [-0.2, -0.15) is 0 Å². The lowest BCUT2D eigenvalue weighted by Gasteiger charge is -2.17. The minimum absolute atomic E-state index is 0.0188. The Morgan fingerprint density at radius 3 is 2.60 bits per heavy atom. The summed E-state index contributed by atoms with van der Waals surface area (Å²) < 4.78 is 0. The quantitative estimate of drug-likeness (QED) is 0.560. The maximum Gasteiger partial charge on any atom is 0.315 e. The standard InChI is InChI=1S/C14H27N3O3/c1-2-6-12(11-13(18)19)16-14(20)15-7-5-10-17-8-3-4-9-17/h12H,2-11H2,1H3,(H,18,19)(H2,15,16,20). The Morgan fingerprint density at radius 2 is 2.00 bits per heavy atom. The molecular formula is C14H27N3O3. The van der Waals surface area contributed by atoms with Gasteiger partial charge in [0.05, 0.1) is 6.42 Å². The van der Waals surface area contributed by atoms with E-state index in [9.17, 15) is 9.59 Å². The molecule has 0 radical (unpaired) electrons. The second-order valence-corrected chi connectivity index (χ2v) is 5.39. The van der Waals surface area contributed by atoms with Crippen molar-refractivity contribution in [3.8, 4) is 0 Å². The minimum atomic E-state index is -0.877. The molecule has 116 valence electrons. The van der Waals surface area contributed by atoms with Crippen LogP contribution in [0.15, 0.2) is 0 Å². The monoisotopic (exact) mass is 285 g/mol. The van der Waals surface area contributed by atoms with E-state index < -0.39 is 5.97 Å². The molecule has 0 spiro atoms. The van der Waals surface area contributed by atoms with E-state index in [2.05, 4.69) is 15.5 Å². The Labute approximate surface area is 120 Å². The van der Waals surface area contributed by atoms with Crippen LogP contribution in [0.4, 0.5) is 4.79 Å². The van der Waals surface area contributed by atoms with Crippen LogP contribution in [0.3, 0.4) is 0 Å². The first-order valence-corrected chi connectivity index (χ1v) is 7.60. The lowest BCUT2D eigenvalue weighted by Crippen LogP contribution is -2.43. The second-order valence-electron chi connectivity index (χ2n) is 5.39. The summed E-state index contributed by atoms with van der Waals surface area (Å²) in [7, 11) is 0. The highest BCUT2D eigenvalue weighted by molar-refractivity contribution is 5.75. The number of carbonyl (C=O) groups excluding carboxylic acids is 1. The lowest BCUT2D eigenvalue weighted by molar-refractivity contribution is -0.137. The van der Waals surface area contributed by atoms with Crippen LogP contribution >= 0.6 is 0 Å². The van der Waals surface area contributed by atoms with Crippen molar-refractivity contribution in [1.82, 2.24) is 15.5 Å². The lowest BCUT2D eigenvalue weighted by atomic mass is 10.1. The van der Waals surface area contributed by atoms with Crippen LogP contribution in [0, 0.1) is 0 Å². The Balaban J connectivity index is 2.11. The molecule has 2 amide bonds. The first-order valence-electron chi connectivity index (χ1n) is 7.60. The highest BCUT2D eigenvalue weighted by Crippen LogP contribution is 2.06. The molecule has 0 aromatic heterocycles. The zero-order valence-corrected chi connectivity index (χ0v) is 12.4. The maximum atomic E-state index is 11.7. The van der Waals surface area contributed by atoms with Crippen LogP contribution in [-0.4, -0.2) is 54.2 Å². The first-order chi connectivity index (χ1) is 9.61. The molecule has 1 saturated heterocycles. The van der Waals surface area contributed by atoms with Gasteiger partial charge in [-0.15, -0.1) is 0 Å². The van der Waals surface area contributed by atoms with Crippen LogP contribution in [0.25, 0.3) is 0 Å². The van der Waals surface area contributed by atoms with Gasteiger partial charge in [-0.25, -0.2) is 4.79 Å². The van der Waals surface area contributed by atoms with Gasteiger partial charge in [0, 0.05) is 12.6 Å². The van der Waals surface area contributed by atoms with Gasteiger partial charge in [0.1, 0.15) is 0 Å². The Morgan fingerprint density at radius 1 is 1.30 bits per heavy atom. The number of carboxylic acids is 1. The average Bonchev–Trinajstić information content (AvgIpc) is 2.87. The van der Waals surface area contributed by atoms with Crippen LogP contribution < -0.4 is 10.6 Å². The molecule has 1 atom stereocenters. The van der Waals surface area contributed by atoms with Crippen LogP contribution in [0.5, 0.6) is 0 Å². The summed E-state index contributed by atoms with van der Waals surface area (Å²) in [6, 6.07) is -0.540. The van der Waals surface area contributed by atoms with Crippen molar-refractivity contribution >= 4 is 12.0 Å². The van der Waals surface area contributed by atoms with Gasteiger partial charge in [-0.05, 0) is 45.3 Å². The van der Waals surface area contributed by atoms with E-state index >= 15 is 0 Å². The molecule has 1 aliphatic heterocycles. The molecule has 3 N–H and O–H groups in total. The predicted molar refractivity (Wildman–Crippen MR) is 77.8 cm³/mol. The molecule has 1 fully saturated rings. The van der Waals surface area contributed by atoms with Gasteiger partial charge in [0.2, 0.25) is 0 Å². The number of carboxylic acid groups (broad SMARTS) is 1. The zero-order chi connectivity index (χ0) is 14.8. The third kappa shape index (κ3) is 7.33. The summed E-state index contributed by atoms with van der Waals surface area (Å²) in [4.78, 5) is 24.8. The molecule has 6 nitrogen and oxygen atoms in total. The summed E-state index contributed by atoms with van der Waals surface area (Å²) in [5, 5.41) is 14.3. The number of carbonyl (C=O) groups is 2. The summed E-state index contributed by atoms with van der Waals surface area (Å²) in [5.74, 6) is -0.877. The third-order valence-corrected chi connectivity index (χ3v) is 3.53. The number of aliphatic carboxylic acids is 1. The SMILES string of the molecule is CCCC(CC(=O)O)NC(=O)NCCCN1CCCC1.